The molecule has 1 unspecified atom stereocenters. The van der Waals surface area contributed by atoms with Gasteiger partial charge < -0.3 is 10.5 Å². The van der Waals surface area contributed by atoms with Crippen molar-refractivity contribution in [2.75, 3.05) is 6.61 Å². The summed E-state index contributed by atoms with van der Waals surface area (Å²) in [5.41, 5.74) is 6.02. The number of alkyl halides is 1. The zero-order valence-corrected chi connectivity index (χ0v) is 8.39. The van der Waals surface area contributed by atoms with Crippen molar-refractivity contribution in [1.82, 2.24) is 4.98 Å². The van der Waals surface area contributed by atoms with E-state index in [2.05, 4.69) is 9.72 Å². The fourth-order valence-electron chi connectivity index (χ4n) is 1.11. The molecule has 1 rings (SSSR count). The Morgan fingerprint density at radius 1 is 1.73 bits per heavy atom. The summed E-state index contributed by atoms with van der Waals surface area (Å²) in [5, 5.41) is 0. The highest BCUT2D eigenvalue weighted by Gasteiger charge is 2.27. The van der Waals surface area contributed by atoms with E-state index in [0.29, 0.717) is 5.56 Å². The molecule has 1 aromatic heterocycles. The van der Waals surface area contributed by atoms with Gasteiger partial charge in [-0.15, -0.1) is 0 Å². The van der Waals surface area contributed by atoms with Crippen LogP contribution in [0.4, 0.5) is 4.39 Å². The van der Waals surface area contributed by atoms with Crippen molar-refractivity contribution >= 4 is 5.97 Å². The highest BCUT2D eigenvalue weighted by Crippen LogP contribution is 2.16. The number of hydrogen-bond donors (Lipinski definition) is 1. The van der Waals surface area contributed by atoms with Gasteiger partial charge in [0, 0.05) is 12.4 Å². The Hall–Kier alpha value is -1.49. The number of hydrogen-bond acceptors (Lipinski definition) is 4. The van der Waals surface area contributed by atoms with Crippen LogP contribution in [0.3, 0.4) is 0 Å². The largest absolute Gasteiger partial charge is 0.464 e. The maximum absolute atomic E-state index is 13.4. The Kier molecular flexibility index (Phi) is 4.17. The average Bonchev–Trinajstić information content (AvgIpc) is 2.28. The lowest BCUT2D eigenvalue weighted by atomic mass is 10.1. The summed E-state index contributed by atoms with van der Waals surface area (Å²) < 4.78 is 18.0. The molecule has 0 bridgehead atoms. The van der Waals surface area contributed by atoms with Crippen LogP contribution < -0.4 is 5.73 Å². The lowest BCUT2D eigenvalue weighted by Crippen LogP contribution is -2.31. The second-order valence-electron chi connectivity index (χ2n) is 2.97. The van der Waals surface area contributed by atoms with Crippen LogP contribution in [0, 0.1) is 0 Å². The van der Waals surface area contributed by atoms with Crippen molar-refractivity contribution < 1.29 is 13.9 Å². The maximum atomic E-state index is 13.4. The third-order valence-electron chi connectivity index (χ3n) is 1.90. The number of pyridine rings is 1. The molecule has 1 aromatic rings. The van der Waals surface area contributed by atoms with Gasteiger partial charge >= 0.3 is 5.97 Å². The fourth-order valence-corrected chi connectivity index (χ4v) is 1.11. The number of nitrogens with two attached hydrogens (primary N) is 1. The minimum atomic E-state index is -1.85. The van der Waals surface area contributed by atoms with E-state index < -0.39 is 18.2 Å². The zero-order chi connectivity index (χ0) is 11.3. The van der Waals surface area contributed by atoms with Gasteiger partial charge in [0.25, 0.3) is 0 Å². The van der Waals surface area contributed by atoms with Crippen molar-refractivity contribution in [2.24, 2.45) is 5.73 Å². The van der Waals surface area contributed by atoms with Crippen LogP contribution in [0.2, 0.25) is 0 Å². The Morgan fingerprint density at radius 2 is 2.47 bits per heavy atom. The van der Waals surface area contributed by atoms with Gasteiger partial charge in [0.2, 0.25) is 6.17 Å². The van der Waals surface area contributed by atoms with Gasteiger partial charge in [-0.2, -0.15) is 0 Å². The van der Waals surface area contributed by atoms with Gasteiger partial charge in [0.1, 0.15) is 0 Å². The first-order valence-electron chi connectivity index (χ1n) is 4.63. The van der Waals surface area contributed by atoms with E-state index in [1.54, 1.807) is 25.3 Å². The Morgan fingerprint density at radius 3 is 3.00 bits per heavy atom. The van der Waals surface area contributed by atoms with Crippen molar-refractivity contribution in [3.63, 3.8) is 0 Å². The molecular formula is C10H13FN2O2. The molecule has 0 radical (unpaired) electrons. The Balaban J connectivity index is 2.68. The summed E-state index contributed by atoms with van der Waals surface area (Å²) in [5.74, 6) is -0.936. The molecule has 0 saturated heterocycles. The number of halogens is 1. The molecule has 15 heavy (non-hydrogen) atoms. The lowest BCUT2D eigenvalue weighted by molar-refractivity contribution is -0.149. The van der Waals surface area contributed by atoms with E-state index in [0.717, 1.165) is 0 Å². The predicted octanol–water partition coefficient (Wildman–Crippen LogP) is 0.983. The number of ether oxygens (including phenoxy) is 1. The molecule has 2 N–H and O–H groups in total. The first kappa shape index (κ1) is 11.6. The number of aromatic nitrogens is 1. The second-order valence-corrected chi connectivity index (χ2v) is 2.97. The van der Waals surface area contributed by atoms with E-state index in [9.17, 15) is 9.18 Å². The summed E-state index contributed by atoms with van der Waals surface area (Å²) in [4.78, 5) is 14.9. The summed E-state index contributed by atoms with van der Waals surface area (Å²) in [7, 11) is 0. The number of rotatable bonds is 4. The first-order chi connectivity index (χ1) is 7.16. The fraction of sp³-hybridized carbons (Fsp3) is 0.400. The molecule has 0 aliphatic heterocycles. The van der Waals surface area contributed by atoms with Crippen LogP contribution in [-0.2, 0) is 9.53 Å². The highest BCUT2D eigenvalue weighted by atomic mass is 19.1. The number of carbonyl (C=O) groups is 1. The van der Waals surface area contributed by atoms with Gasteiger partial charge in [0.15, 0.2) is 0 Å². The van der Waals surface area contributed by atoms with Gasteiger partial charge in [-0.1, -0.05) is 6.07 Å². The standard InChI is InChI=1S/C10H13FN2O2/c1-2-15-10(14)8(11)9(12)7-4-3-5-13-6-7/h3-6,8-9H,2,12H2,1H3/t8?,9-/m1/s1. The van der Waals surface area contributed by atoms with Crippen LogP contribution in [0.5, 0.6) is 0 Å². The molecule has 4 nitrogen and oxygen atoms in total. The Labute approximate surface area is 87.3 Å². The maximum Gasteiger partial charge on any atom is 0.342 e. The molecule has 0 aliphatic carbocycles. The molecule has 1 heterocycles. The van der Waals surface area contributed by atoms with Crippen molar-refractivity contribution in [3.05, 3.63) is 30.1 Å². The number of carbonyl (C=O) groups excluding carboxylic acids is 1. The molecule has 5 heteroatoms. The molecule has 0 saturated carbocycles. The van der Waals surface area contributed by atoms with E-state index in [1.165, 1.54) is 6.20 Å². The number of esters is 1. The molecule has 0 amide bonds. The summed E-state index contributed by atoms with van der Waals surface area (Å²) in [6.45, 7) is 1.75. The van der Waals surface area contributed by atoms with Crippen molar-refractivity contribution in [1.29, 1.82) is 0 Å². The van der Waals surface area contributed by atoms with Crippen LogP contribution in [0.15, 0.2) is 24.5 Å². The van der Waals surface area contributed by atoms with E-state index in [-0.39, 0.29) is 6.61 Å². The third kappa shape index (κ3) is 2.99. The normalized spacial score (nSPS) is 14.3. The van der Waals surface area contributed by atoms with E-state index in [4.69, 9.17) is 5.73 Å². The molecule has 82 valence electrons. The molecular weight excluding hydrogens is 199 g/mol. The first-order valence-corrected chi connectivity index (χ1v) is 4.63. The Bertz CT molecular complexity index is 318. The van der Waals surface area contributed by atoms with Crippen LogP contribution >= 0.6 is 0 Å². The minimum Gasteiger partial charge on any atom is -0.464 e. The molecule has 0 fully saturated rings. The molecule has 2 atom stereocenters. The monoisotopic (exact) mass is 212 g/mol. The summed E-state index contributed by atoms with van der Waals surface area (Å²) in [6, 6.07) is 2.22. The lowest BCUT2D eigenvalue weighted by Gasteiger charge is -2.15. The summed E-state index contributed by atoms with van der Waals surface area (Å²) in [6.07, 6.45) is 1.12. The van der Waals surface area contributed by atoms with Crippen molar-refractivity contribution in [3.8, 4) is 0 Å². The van der Waals surface area contributed by atoms with Gasteiger partial charge in [0.05, 0.1) is 12.6 Å². The highest BCUT2D eigenvalue weighted by molar-refractivity contribution is 5.75. The summed E-state index contributed by atoms with van der Waals surface area (Å²) >= 11 is 0. The predicted molar refractivity (Wildman–Crippen MR) is 52.7 cm³/mol. The third-order valence-corrected chi connectivity index (χ3v) is 1.90. The van der Waals surface area contributed by atoms with Crippen LogP contribution in [-0.4, -0.2) is 23.7 Å². The average molecular weight is 212 g/mol. The number of nitrogens with zero attached hydrogens (tertiary/aromatic N) is 1. The van der Waals surface area contributed by atoms with Crippen molar-refractivity contribution in [2.45, 2.75) is 19.1 Å². The van der Waals surface area contributed by atoms with Gasteiger partial charge in [-0.25, -0.2) is 9.18 Å². The van der Waals surface area contributed by atoms with Crippen LogP contribution in [0.25, 0.3) is 0 Å². The second kappa shape index (κ2) is 5.41. The van der Waals surface area contributed by atoms with E-state index in [1.807, 2.05) is 0 Å². The molecule has 0 aromatic carbocycles. The molecule has 0 aliphatic rings. The topological polar surface area (TPSA) is 65.2 Å². The quantitative estimate of drug-likeness (QED) is 0.755. The smallest absolute Gasteiger partial charge is 0.342 e. The SMILES string of the molecule is CCOC(=O)C(F)[C@H](N)c1cccnc1. The molecule has 0 spiro atoms. The minimum absolute atomic E-state index is 0.138. The van der Waals surface area contributed by atoms with Crippen LogP contribution in [0.1, 0.15) is 18.5 Å². The van der Waals surface area contributed by atoms with E-state index >= 15 is 0 Å². The van der Waals surface area contributed by atoms with Gasteiger partial charge in [-0.05, 0) is 18.6 Å². The zero-order valence-electron chi connectivity index (χ0n) is 8.39. The van der Waals surface area contributed by atoms with Gasteiger partial charge in [-0.3, -0.25) is 4.98 Å².